The third-order valence-corrected chi connectivity index (χ3v) is 2.00. The van der Waals surface area contributed by atoms with E-state index in [9.17, 15) is 5.11 Å². The summed E-state index contributed by atoms with van der Waals surface area (Å²) < 4.78 is 1.61. The van der Waals surface area contributed by atoms with Crippen molar-refractivity contribution < 1.29 is 5.11 Å². The summed E-state index contributed by atoms with van der Waals surface area (Å²) in [5.41, 5.74) is 1.22. The molecule has 0 aliphatic rings. The summed E-state index contributed by atoms with van der Waals surface area (Å²) in [4.78, 5) is 7.92. The molecular weight excluding hydrogens is 180 g/mol. The first-order chi connectivity index (χ1) is 6.79. The summed E-state index contributed by atoms with van der Waals surface area (Å²) in [5.74, 6) is 0. The van der Waals surface area contributed by atoms with Gasteiger partial charge in [0, 0.05) is 25.6 Å². The van der Waals surface area contributed by atoms with E-state index in [1.807, 2.05) is 0 Å². The van der Waals surface area contributed by atoms with E-state index in [0.717, 1.165) is 0 Å². The van der Waals surface area contributed by atoms with Crippen LogP contribution in [-0.4, -0.2) is 24.9 Å². The Morgan fingerprint density at radius 3 is 2.79 bits per heavy atom. The topological polar surface area (TPSA) is 63.8 Å². The number of aliphatic hydroxyl groups excluding tert-OH is 1. The molecule has 0 aliphatic carbocycles. The molecule has 5 heteroatoms. The summed E-state index contributed by atoms with van der Waals surface area (Å²) in [7, 11) is 1.77. The van der Waals surface area contributed by atoms with Gasteiger partial charge in [-0.3, -0.25) is 14.6 Å². The lowest BCUT2D eigenvalue weighted by Gasteiger charge is -2.09. The maximum atomic E-state index is 9.90. The normalized spacial score (nSPS) is 12.7. The highest BCUT2D eigenvalue weighted by molar-refractivity contribution is 5.15. The molecule has 2 aromatic rings. The van der Waals surface area contributed by atoms with Gasteiger partial charge in [-0.05, 0) is 6.07 Å². The van der Waals surface area contributed by atoms with E-state index in [0.29, 0.717) is 11.4 Å². The molecule has 0 aromatic carbocycles. The molecule has 0 spiro atoms. The summed E-state index contributed by atoms with van der Waals surface area (Å²) in [6, 6.07) is 1.75. The first-order valence-corrected chi connectivity index (χ1v) is 4.21. The van der Waals surface area contributed by atoms with Crippen LogP contribution in [0.4, 0.5) is 0 Å². The number of hydrogen-bond acceptors (Lipinski definition) is 4. The number of hydrogen-bond donors (Lipinski definition) is 1. The van der Waals surface area contributed by atoms with Crippen molar-refractivity contribution in [3.63, 3.8) is 0 Å². The molecule has 0 amide bonds. The second kappa shape index (κ2) is 3.55. The molecule has 0 bridgehead atoms. The molecule has 1 N–H and O–H groups in total. The Kier molecular flexibility index (Phi) is 2.24. The van der Waals surface area contributed by atoms with Crippen molar-refractivity contribution in [3.05, 3.63) is 42.2 Å². The molecular formula is C9H10N4O. The third-order valence-electron chi connectivity index (χ3n) is 2.00. The number of aromatic nitrogens is 4. The fraction of sp³-hybridized carbons (Fsp3) is 0.222. The predicted molar refractivity (Wildman–Crippen MR) is 49.3 cm³/mol. The van der Waals surface area contributed by atoms with E-state index in [1.54, 1.807) is 36.4 Å². The van der Waals surface area contributed by atoms with E-state index in [1.165, 1.54) is 6.20 Å². The van der Waals surface area contributed by atoms with E-state index in [-0.39, 0.29) is 0 Å². The Hall–Kier alpha value is -1.75. The smallest absolute Gasteiger partial charge is 0.139 e. The van der Waals surface area contributed by atoms with Crippen LogP contribution in [0.3, 0.4) is 0 Å². The Morgan fingerprint density at radius 1 is 1.36 bits per heavy atom. The molecule has 2 aromatic heterocycles. The van der Waals surface area contributed by atoms with Crippen molar-refractivity contribution in [2.24, 2.45) is 7.05 Å². The van der Waals surface area contributed by atoms with Crippen LogP contribution in [0.25, 0.3) is 0 Å². The Labute approximate surface area is 81.1 Å². The minimum Gasteiger partial charge on any atom is -0.380 e. The van der Waals surface area contributed by atoms with E-state index < -0.39 is 6.10 Å². The molecule has 1 unspecified atom stereocenters. The SMILES string of the molecule is Cn1nccc1C(O)c1cnccn1. The minimum absolute atomic E-state index is 0.524. The molecule has 72 valence electrons. The van der Waals surface area contributed by atoms with Crippen LogP contribution in [0.15, 0.2) is 30.9 Å². The maximum absolute atomic E-state index is 9.90. The summed E-state index contributed by atoms with van der Waals surface area (Å²) in [6.45, 7) is 0. The van der Waals surface area contributed by atoms with E-state index in [2.05, 4.69) is 15.1 Å². The van der Waals surface area contributed by atoms with E-state index >= 15 is 0 Å². The zero-order valence-corrected chi connectivity index (χ0v) is 7.70. The minimum atomic E-state index is -0.767. The van der Waals surface area contributed by atoms with Gasteiger partial charge in [0.05, 0.1) is 17.6 Å². The quantitative estimate of drug-likeness (QED) is 0.739. The summed E-state index contributed by atoms with van der Waals surface area (Å²) in [5, 5.41) is 13.9. The molecule has 14 heavy (non-hydrogen) atoms. The number of aliphatic hydroxyl groups is 1. The van der Waals surface area contributed by atoms with Gasteiger partial charge in [0.1, 0.15) is 6.10 Å². The fourth-order valence-electron chi connectivity index (χ4n) is 1.26. The van der Waals surface area contributed by atoms with Crippen molar-refractivity contribution >= 4 is 0 Å². The van der Waals surface area contributed by atoms with Crippen molar-refractivity contribution in [2.45, 2.75) is 6.10 Å². The Morgan fingerprint density at radius 2 is 2.21 bits per heavy atom. The lowest BCUT2D eigenvalue weighted by molar-refractivity contribution is 0.204. The summed E-state index contributed by atoms with van der Waals surface area (Å²) >= 11 is 0. The molecule has 0 saturated carbocycles. The fourth-order valence-corrected chi connectivity index (χ4v) is 1.26. The number of nitrogens with zero attached hydrogens (tertiary/aromatic N) is 4. The zero-order valence-electron chi connectivity index (χ0n) is 7.70. The van der Waals surface area contributed by atoms with Gasteiger partial charge >= 0.3 is 0 Å². The van der Waals surface area contributed by atoms with Gasteiger partial charge in [0.2, 0.25) is 0 Å². The Bertz CT molecular complexity index is 412. The average Bonchev–Trinajstić information content (AvgIpc) is 2.65. The van der Waals surface area contributed by atoms with Crippen LogP contribution in [0, 0.1) is 0 Å². The standard InChI is InChI=1S/C9H10N4O/c1-13-8(2-3-12-13)9(14)7-6-10-4-5-11-7/h2-6,9,14H,1H3. The molecule has 0 aliphatic heterocycles. The van der Waals surface area contributed by atoms with Gasteiger partial charge in [-0.1, -0.05) is 0 Å². The largest absolute Gasteiger partial charge is 0.380 e. The van der Waals surface area contributed by atoms with Crippen LogP contribution in [-0.2, 0) is 7.05 Å². The second-order valence-corrected chi connectivity index (χ2v) is 2.91. The molecule has 2 rings (SSSR count). The molecule has 0 fully saturated rings. The van der Waals surface area contributed by atoms with Crippen molar-refractivity contribution in [1.82, 2.24) is 19.7 Å². The lowest BCUT2D eigenvalue weighted by atomic mass is 10.2. The number of rotatable bonds is 2. The molecule has 0 saturated heterocycles. The van der Waals surface area contributed by atoms with Crippen LogP contribution in [0.5, 0.6) is 0 Å². The van der Waals surface area contributed by atoms with Crippen LogP contribution in [0.1, 0.15) is 17.5 Å². The first kappa shape index (κ1) is 8.83. The highest BCUT2D eigenvalue weighted by atomic mass is 16.3. The average molecular weight is 190 g/mol. The highest BCUT2D eigenvalue weighted by Gasteiger charge is 2.14. The summed E-state index contributed by atoms with van der Waals surface area (Å²) in [6.07, 6.45) is 5.53. The van der Waals surface area contributed by atoms with E-state index in [4.69, 9.17) is 0 Å². The molecule has 5 nitrogen and oxygen atoms in total. The Balaban J connectivity index is 2.34. The van der Waals surface area contributed by atoms with Crippen LogP contribution in [0.2, 0.25) is 0 Å². The first-order valence-electron chi connectivity index (χ1n) is 4.21. The number of aryl methyl sites for hydroxylation is 1. The van der Waals surface area contributed by atoms with Crippen molar-refractivity contribution in [1.29, 1.82) is 0 Å². The van der Waals surface area contributed by atoms with Crippen molar-refractivity contribution in [3.8, 4) is 0 Å². The molecule has 1 atom stereocenters. The molecule has 0 radical (unpaired) electrons. The predicted octanol–water partition coefficient (Wildman–Crippen LogP) is 0.292. The zero-order chi connectivity index (χ0) is 9.97. The van der Waals surface area contributed by atoms with Gasteiger partial charge in [-0.2, -0.15) is 5.10 Å². The van der Waals surface area contributed by atoms with Crippen LogP contribution < -0.4 is 0 Å². The second-order valence-electron chi connectivity index (χ2n) is 2.91. The van der Waals surface area contributed by atoms with Crippen LogP contribution >= 0.6 is 0 Å². The van der Waals surface area contributed by atoms with Gasteiger partial charge < -0.3 is 5.11 Å². The van der Waals surface area contributed by atoms with Gasteiger partial charge in [-0.15, -0.1) is 0 Å². The maximum Gasteiger partial charge on any atom is 0.139 e. The highest BCUT2D eigenvalue weighted by Crippen LogP contribution is 2.17. The van der Waals surface area contributed by atoms with Gasteiger partial charge in [0.15, 0.2) is 0 Å². The molecule has 2 heterocycles. The lowest BCUT2D eigenvalue weighted by Crippen LogP contribution is -2.08. The third kappa shape index (κ3) is 1.49. The monoisotopic (exact) mass is 190 g/mol. The van der Waals surface area contributed by atoms with Gasteiger partial charge in [0.25, 0.3) is 0 Å². The van der Waals surface area contributed by atoms with Crippen molar-refractivity contribution in [2.75, 3.05) is 0 Å². The van der Waals surface area contributed by atoms with Gasteiger partial charge in [-0.25, -0.2) is 0 Å².